The quantitative estimate of drug-likeness (QED) is 0.671. The van der Waals surface area contributed by atoms with Gasteiger partial charge in [-0.15, -0.1) is 0 Å². The number of nitrogens with two attached hydrogens (primary N) is 1. The maximum atomic E-state index is 11.0. The molecule has 0 aliphatic carbocycles. The smallest absolute Gasteiger partial charge is 0.246 e. The average molecular weight is 198 g/mol. The van der Waals surface area contributed by atoms with Gasteiger partial charge in [-0.25, -0.2) is 0 Å². The Kier molecular flexibility index (Phi) is 3.95. The fraction of sp³-hybridized carbons (Fsp3) is 0.700. The van der Waals surface area contributed by atoms with Crippen molar-refractivity contribution in [2.45, 2.75) is 20.3 Å². The van der Waals surface area contributed by atoms with Crippen molar-refractivity contribution < 1.29 is 9.53 Å². The van der Waals surface area contributed by atoms with Crippen LogP contribution >= 0.6 is 0 Å². The minimum atomic E-state index is -0.326. The summed E-state index contributed by atoms with van der Waals surface area (Å²) in [5.41, 5.74) is 7.00. The summed E-state index contributed by atoms with van der Waals surface area (Å²) in [7, 11) is 0. The highest BCUT2D eigenvalue weighted by Gasteiger charge is 2.16. The average Bonchev–Trinajstić information content (AvgIpc) is 2.20. The first-order valence-corrected chi connectivity index (χ1v) is 4.99. The van der Waals surface area contributed by atoms with Crippen molar-refractivity contribution in [3.63, 3.8) is 0 Å². The van der Waals surface area contributed by atoms with Gasteiger partial charge < -0.3 is 15.4 Å². The third-order valence-electron chi connectivity index (χ3n) is 2.53. The van der Waals surface area contributed by atoms with Crippen molar-refractivity contribution in [3.05, 3.63) is 11.3 Å². The lowest BCUT2D eigenvalue weighted by Gasteiger charge is -2.31. The van der Waals surface area contributed by atoms with E-state index >= 15 is 0 Å². The zero-order valence-corrected chi connectivity index (χ0v) is 8.88. The van der Waals surface area contributed by atoms with Crippen LogP contribution in [-0.2, 0) is 9.53 Å². The molecule has 0 aromatic heterocycles. The Morgan fingerprint density at radius 2 is 2.00 bits per heavy atom. The second-order valence-corrected chi connectivity index (χ2v) is 3.39. The lowest BCUT2D eigenvalue weighted by atomic mass is 10.1. The van der Waals surface area contributed by atoms with Crippen LogP contribution in [0.5, 0.6) is 0 Å². The van der Waals surface area contributed by atoms with E-state index in [0.29, 0.717) is 5.57 Å². The van der Waals surface area contributed by atoms with Crippen LogP contribution in [0.15, 0.2) is 11.3 Å². The molecule has 2 N–H and O–H groups in total. The molecule has 0 bridgehead atoms. The van der Waals surface area contributed by atoms with Gasteiger partial charge in [-0.1, -0.05) is 6.92 Å². The normalized spacial score (nSPS) is 19.1. The number of primary amides is 1. The van der Waals surface area contributed by atoms with Crippen LogP contribution in [0, 0.1) is 0 Å². The van der Waals surface area contributed by atoms with Crippen molar-refractivity contribution in [2.75, 3.05) is 26.3 Å². The molecule has 4 nitrogen and oxygen atoms in total. The molecule has 0 aromatic carbocycles. The van der Waals surface area contributed by atoms with E-state index in [1.165, 1.54) is 0 Å². The van der Waals surface area contributed by atoms with Gasteiger partial charge in [-0.05, 0) is 13.3 Å². The summed E-state index contributed by atoms with van der Waals surface area (Å²) in [6, 6.07) is 0. The molecule has 4 heteroatoms. The SMILES string of the molecule is CC/C(=C(/C)C(N)=O)N1CCOCC1. The van der Waals surface area contributed by atoms with E-state index in [4.69, 9.17) is 10.5 Å². The zero-order chi connectivity index (χ0) is 10.6. The molecule has 0 radical (unpaired) electrons. The van der Waals surface area contributed by atoms with Crippen LogP contribution in [0.4, 0.5) is 0 Å². The minimum absolute atomic E-state index is 0.326. The van der Waals surface area contributed by atoms with E-state index in [1.54, 1.807) is 6.92 Å². The largest absolute Gasteiger partial charge is 0.378 e. The Morgan fingerprint density at radius 1 is 1.43 bits per heavy atom. The van der Waals surface area contributed by atoms with Gasteiger partial charge >= 0.3 is 0 Å². The first-order valence-electron chi connectivity index (χ1n) is 4.99. The Labute approximate surface area is 84.7 Å². The number of carbonyl (C=O) groups is 1. The van der Waals surface area contributed by atoms with E-state index < -0.39 is 0 Å². The lowest BCUT2D eigenvalue weighted by molar-refractivity contribution is -0.114. The number of carbonyl (C=O) groups excluding carboxylic acids is 1. The molecule has 1 rings (SSSR count). The van der Waals surface area contributed by atoms with Crippen LogP contribution < -0.4 is 5.73 Å². The molecule has 1 aliphatic heterocycles. The number of ether oxygens (including phenoxy) is 1. The Bertz CT molecular complexity index is 243. The number of hydrogen-bond donors (Lipinski definition) is 1. The Morgan fingerprint density at radius 3 is 2.43 bits per heavy atom. The van der Waals surface area contributed by atoms with Crippen molar-refractivity contribution >= 4 is 5.91 Å². The number of rotatable bonds is 3. The number of allylic oxidation sites excluding steroid dienone is 1. The second-order valence-electron chi connectivity index (χ2n) is 3.39. The molecule has 1 fully saturated rings. The summed E-state index contributed by atoms with van der Waals surface area (Å²) in [4.78, 5) is 13.2. The predicted molar refractivity (Wildman–Crippen MR) is 54.6 cm³/mol. The van der Waals surface area contributed by atoms with Gasteiger partial charge in [-0.2, -0.15) is 0 Å². The first kappa shape index (κ1) is 11.0. The van der Waals surface area contributed by atoms with Gasteiger partial charge in [0.1, 0.15) is 0 Å². The first-order chi connectivity index (χ1) is 6.66. The standard InChI is InChI=1S/C10H18N2O2/c1-3-9(8(2)10(11)13)12-4-6-14-7-5-12/h3-7H2,1-2H3,(H2,11,13)/b9-8+. The maximum Gasteiger partial charge on any atom is 0.246 e. The Hall–Kier alpha value is -1.03. The third-order valence-corrected chi connectivity index (χ3v) is 2.53. The molecule has 0 saturated carbocycles. The van der Waals surface area contributed by atoms with Gasteiger partial charge in [0.25, 0.3) is 0 Å². The molecule has 0 unspecified atom stereocenters. The maximum absolute atomic E-state index is 11.0. The molecule has 1 aliphatic rings. The van der Waals surface area contributed by atoms with E-state index in [0.717, 1.165) is 38.4 Å². The van der Waals surface area contributed by atoms with Crippen LogP contribution in [0.1, 0.15) is 20.3 Å². The van der Waals surface area contributed by atoms with Gasteiger partial charge in [0.05, 0.1) is 13.2 Å². The minimum Gasteiger partial charge on any atom is -0.378 e. The molecular weight excluding hydrogens is 180 g/mol. The van der Waals surface area contributed by atoms with Crippen molar-refractivity contribution in [2.24, 2.45) is 5.73 Å². The zero-order valence-electron chi connectivity index (χ0n) is 8.88. The lowest BCUT2D eigenvalue weighted by Crippen LogP contribution is -2.37. The van der Waals surface area contributed by atoms with Crippen molar-refractivity contribution in [1.82, 2.24) is 4.90 Å². The fourth-order valence-corrected chi connectivity index (χ4v) is 1.70. The highest BCUT2D eigenvalue weighted by Crippen LogP contribution is 2.15. The fourth-order valence-electron chi connectivity index (χ4n) is 1.70. The molecule has 1 heterocycles. The molecule has 80 valence electrons. The Balaban J connectivity index is 2.78. The number of hydrogen-bond acceptors (Lipinski definition) is 3. The molecule has 0 spiro atoms. The van der Waals surface area contributed by atoms with Gasteiger partial charge in [0, 0.05) is 24.4 Å². The van der Waals surface area contributed by atoms with Crippen LogP contribution in [0.25, 0.3) is 0 Å². The van der Waals surface area contributed by atoms with E-state index in [9.17, 15) is 4.79 Å². The molecule has 1 saturated heterocycles. The van der Waals surface area contributed by atoms with Gasteiger partial charge in [0.15, 0.2) is 0 Å². The summed E-state index contributed by atoms with van der Waals surface area (Å²) in [6.07, 6.45) is 0.842. The van der Waals surface area contributed by atoms with Gasteiger partial charge in [-0.3, -0.25) is 4.79 Å². The highest BCUT2D eigenvalue weighted by atomic mass is 16.5. The summed E-state index contributed by atoms with van der Waals surface area (Å²) in [6.45, 7) is 7.00. The molecular formula is C10H18N2O2. The topological polar surface area (TPSA) is 55.6 Å². The highest BCUT2D eigenvalue weighted by molar-refractivity contribution is 5.91. The van der Waals surface area contributed by atoms with Crippen LogP contribution in [-0.4, -0.2) is 37.1 Å². The summed E-state index contributed by atoms with van der Waals surface area (Å²) < 4.78 is 5.25. The van der Waals surface area contributed by atoms with E-state index in [1.807, 2.05) is 6.92 Å². The van der Waals surface area contributed by atoms with E-state index in [2.05, 4.69) is 4.90 Å². The monoisotopic (exact) mass is 198 g/mol. The summed E-state index contributed by atoms with van der Waals surface area (Å²) >= 11 is 0. The van der Waals surface area contributed by atoms with Crippen molar-refractivity contribution in [1.29, 1.82) is 0 Å². The molecule has 0 atom stereocenters. The summed E-state index contributed by atoms with van der Waals surface area (Å²) in [5.74, 6) is -0.326. The number of nitrogens with zero attached hydrogens (tertiary/aromatic N) is 1. The molecule has 0 aromatic rings. The number of morpholine rings is 1. The summed E-state index contributed by atoms with van der Waals surface area (Å²) in [5, 5.41) is 0. The third kappa shape index (κ3) is 2.48. The van der Waals surface area contributed by atoms with E-state index in [-0.39, 0.29) is 5.91 Å². The van der Waals surface area contributed by atoms with Crippen LogP contribution in [0.2, 0.25) is 0 Å². The number of amides is 1. The van der Waals surface area contributed by atoms with Crippen LogP contribution in [0.3, 0.4) is 0 Å². The van der Waals surface area contributed by atoms with Gasteiger partial charge in [0.2, 0.25) is 5.91 Å². The van der Waals surface area contributed by atoms with Crippen molar-refractivity contribution in [3.8, 4) is 0 Å². The predicted octanol–water partition coefficient (Wildman–Crippen LogP) is 0.488. The molecule has 14 heavy (non-hydrogen) atoms. The second kappa shape index (κ2) is 5.00. The molecule has 1 amide bonds.